The fourth-order valence-corrected chi connectivity index (χ4v) is 0. The molecule has 3 heteroatoms. The molecule has 0 aromatic rings. The third-order valence-corrected chi connectivity index (χ3v) is 0.348. The summed E-state index contributed by atoms with van der Waals surface area (Å²) >= 11 is 0. The Morgan fingerprint density at radius 2 is 1.86 bits per heavy atom. The molecule has 0 radical (unpaired) electrons. The van der Waals surface area contributed by atoms with Gasteiger partial charge in [0.05, 0.1) is 5.97 Å². The van der Waals surface area contributed by atoms with E-state index in [1.807, 2.05) is 0 Å². The zero-order valence-corrected chi connectivity index (χ0v) is 10.8. The van der Waals surface area contributed by atoms with Crippen LogP contribution in [0.15, 0.2) is 12.2 Å². The predicted octanol–water partition coefficient (Wildman–Crippen LogP) is -3.68. The summed E-state index contributed by atoms with van der Waals surface area (Å²) in [4.78, 5) is 9.49. The van der Waals surface area contributed by atoms with Crippen LogP contribution in [0.3, 0.4) is 0 Å². The van der Waals surface area contributed by atoms with Gasteiger partial charge in [-0.2, -0.15) is 0 Å². The van der Waals surface area contributed by atoms with Gasteiger partial charge in [0.2, 0.25) is 0 Å². The van der Waals surface area contributed by atoms with Crippen LogP contribution in [0, 0.1) is 0 Å². The third-order valence-electron chi connectivity index (χ3n) is 0.348. The summed E-state index contributed by atoms with van der Waals surface area (Å²) in [7, 11) is 0. The molecule has 0 spiro atoms. The van der Waals surface area contributed by atoms with E-state index < -0.39 is 5.97 Å². The van der Waals surface area contributed by atoms with Gasteiger partial charge in [-0.3, -0.25) is 0 Å². The number of hydrogen-bond donors (Lipinski definition) is 0. The molecule has 0 saturated heterocycles. The monoisotopic (exact) mass is 218 g/mol. The van der Waals surface area contributed by atoms with E-state index >= 15 is 0 Å². The summed E-state index contributed by atoms with van der Waals surface area (Å²) in [6, 6.07) is 0. The Bertz CT molecular complexity index is 75.7. The van der Waals surface area contributed by atoms with Crippen LogP contribution in [0.5, 0.6) is 0 Å². The molecule has 0 atom stereocenters. The normalized spacial score (nSPS) is 6.43. The predicted molar refractivity (Wildman–Crippen MR) is 19.8 cm³/mol. The van der Waals surface area contributed by atoms with Gasteiger partial charge < -0.3 is 9.90 Å². The fourth-order valence-electron chi connectivity index (χ4n) is 0. The Balaban J connectivity index is 0. The molecule has 0 unspecified atom stereocenters. The van der Waals surface area contributed by atoms with Crippen molar-refractivity contribution in [2.75, 3.05) is 0 Å². The Kier molecular flexibility index (Phi) is 8.57. The van der Waals surface area contributed by atoms with E-state index in [0.717, 1.165) is 0 Å². The Hall–Kier alpha value is 1.26. The molecule has 0 bridgehead atoms. The number of carboxylic acids is 1. The molecule has 0 aliphatic carbocycles. The quantitative estimate of drug-likeness (QED) is 0.425. The first kappa shape index (κ1) is 11.1. The van der Waals surface area contributed by atoms with Crippen molar-refractivity contribution in [1.82, 2.24) is 0 Å². The zero-order valence-electron chi connectivity index (χ0n) is 4.52. The summed E-state index contributed by atoms with van der Waals surface area (Å²) in [5, 5.41) is 9.49. The molecule has 0 saturated carbocycles. The van der Waals surface area contributed by atoms with Crippen molar-refractivity contribution in [3.8, 4) is 0 Å². The maximum atomic E-state index is 9.49. The number of carbonyl (C=O) groups is 1. The standard InChI is InChI=1S/C4H6O2.Cs/c1-3(2)4(5)6;/h1H2,2H3,(H,5,6);/q;+1/p-1. The number of hydrogen-bond acceptors (Lipinski definition) is 2. The molecule has 0 fully saturated rings. The van der Waals surface area contributed by atoms with E-state index in [4.69, 9.17) is 0 Å². The van der Waals surface area contributed by atoms with Crippen molar-refractivity contribution < 1.29 is 78.8 Å². The Labute approximate surface area is 101 Å². The minimum absolute atomic E-state index is 0. The van der Waals surface area contributed by atoms with Gasteiger partial charge in [-0.1, -0.05) is 6.58 Å². The maximum absolute atomic E-state index is 9.49. The molecule has 0 rings (SSSR count). The third kappa shape index (κ3) is 7.26. The average Bonchev–Trinajstić information content (AvgIpc) is 1.36. The molecule has 0 N–H and O–H groups in total. The molecule has 34 valence electrons. The van der Waals surface area contributed by atoms with E-state index in [9.17, 15) is 9.90 Å². The molecule has 0 amide bonds. The molecule has 2 nitrogen and oxygen atoms in total. The Morgan fingerprint density at radius 3 is 1.86 bits per heavy atom. The zero-order chi connectivity index (χ0) is 5.15. The average molecular weight is 218 g/mol. The summed E-state index contributed by atoms with van der Waals surface area (Å²) in [6.07, 6.45) is 0. The number of carbonyl (C=O) groups excluding carboxylic acids is 1. The Morgan fingerprint density at radius 1 is 1.71 bits per heavy atom. The van der Waals surface area contributed by atoms with Crippen LogP contribution in [-0.2, 0) is 4.79 Å². The van der Waals surface area contributed by atoms with Crippen molar-refractivity contribution in [3.63, 3.8) is 0 Å². The summed E-state index contributed by atoms with van der Waals surface area (Å²) in [5.41, 5.74) is 0.0648. The first-order valence-electron chi connectivity index (χ1n) is 1.51. The van der Waals surface area contributed by atoms with Crippen molar-refractivity contribution in [1.29, 1.82) is 0 Å². The second-order valence-electron chi connectivity index (χ2n) is 1.07. The largest absolute Gasteiger partial charge is 1.00 e. The van der Waals surface area contributed by atoms with Gasteiger partial charge in [0.1, 0.15) is 0 Å². The first-order chi connectivity index (χ1) is 2.64. The van der Waals surface area contributed by atoms with Gasteiger partial charge in [0.15, 0.2) is 0 Å². The van der Waals surface area contributed by atoms with Crippen molar-refractivity contribution in [2.45, 2.75) is 6.92 Å². The summed E-state index contributed by atoms with van der Waals surface area (Å²) < 4.78 is 0. The molecular weight excluding hydrogens is 213 g/mol. The van der Waals surface area contributed by atoms with Crippen molar-refractivity contribution in [3.05, 3.63) is 12.2 Å². The molecular formula is C4H5CsO2. The maximum Gasteiger partial charge on any atom is 1.00 e. The number of rotatable bonds is 1. The topological polar surface area (TPSA) is 40.1 Å². The molecule has 0 aromatic heterocycles. The molecule has 0 aliphatic rings. The molecule has 7 heavy (non-hydrogen) atoms. The van der Waals surface area contributed by atoms with Gasteiger partial charge in [-0.05, 0) is 12.5 Å². The van der Waals surface area contributed by atoms with Crippen LogP contribution in [0.4, 0.5) is 0 Å². The van der Waals surface area contributed by atoms with Gasteiger partial charge in [0, 0.05) is 0 Å². The van der Waals surface area contributed by atoms with Crippen LogP contribution in [0.25, 0.3) is 0 Å². The van der Waals surface area contributed by atoms with Crippen LogP contribution >= 0.6 is 0 Å². The van der Waals surface area contributed by atoms with Crippen LogP contribution in [0.2, 0.25) is 0 Å². The van der Waals surface area contributed by atoms with Gasteiger partial charge in [-0.15, -0.1) is 0 Å². The smallest absolute Gasteiger partial charge is 0.545 e. The fraction of sp³-hybridized carbons (Fsp3) is 0.250. The van der Waals surface area contributed by atoms with Gasteiger partial charge >= 0.3 is 68.9 Å². The van der Waals surface area contributed by atoms with Gasteiger partial charge in [0.25, 0.3) is 0 Å². The molecule has 0 heterocycles. The van der Waals surface area contributed by atoms with Crippen LogP contribution < -0.4 is 74.0 Å². The number of carboxylic acid groups (broad SMARTS) is 1. The molecule has 0 aliphatic heterocycles. The van der Waals surface area contributed by atoms with Crippen molar-refractivity contribution in [2.24, 2.45) is 0 Å². The summed E-state index contributed by atoms with van der Waals surface area (Å²) in [5.74, 6) is -1.19. The van der Waals surface area contributed by atoms with E-state index in [-0.39, 0.29) is 74.5 Å². The minimum Gasteiger partial charge on any atom is -0.545 e. The first-order valence-corrected chi connectivity index (χ1v) is 1.51. The van der Waals surface area contributed by atoms with Crippen LogP contribution in [0.1, 0.15) is 6.92 Å². The molecule has 0 aromatic carbocycles. The minimum atomic E-state index is -1.19. The van der Waals surface area contributed by atoms with E-state index in [2.05, 4.69) is 6.58 Å². The SMILES string of the molecule is C=C(C)C(=O)[O-].[Cs+]. The second kappa shape index (κ2) is 5.40. The van der Waals surface area contributed by atoms with Crippen LogP contribution in [-0.4, -0.2) is 5.97 Å². The second-order valence-corrected chi connectivity index (χ2v) is 1.07. The van der Waals surface area contributed by atoms with Gasteiger partial charge in [-0.25, -0.2) is 0 Å². The van der Waals surface area contributed by atoms with E-state index in [1.54, 1.807) is 0 Å². The number of aliphatic carboxylic acids is 1. The van der Waals surface area contributed by atoms with Crippen molar-refractivity contribution >= 4 is 5.97 Å². The summed E-state index contributed by atoms with van der Waals surface area (Å²) in [6.45, 7) is 4.48. The van der Waals surface area contributed by atoms with E-state index in [0.29, 0.717) is 0 Å². The van der Waals surface area contributed by atoms with E-state index in [1.165, 1.54) is 6.92 Å².